The number of hydrogen-bond acceptors (Lipinski definition) is 5. The number of fused-ring (bicyclic) bond motifs is 2. The lowest BCUT2D eigenvalue weighted by Gasteiger charge is -2.10. The maximum atomic E-state index is 13.1. The van der Waals surface area contributed by atoms with E-state index >= 15 is 0 Å². The smallest absolute Gasteiger partial charge is 0.267 e. The second-order valence-electron chi connectivity index (χ2n) is 8.45. The monoisotopic (exact) mass is 490 g/mol. The van der Waals surface area contributed by atoms with Crippen molar-refractivity contribution in [1.82, 2.24) is 30.4 Å². The van der Waals surface area contributed by atoms with Crippen molar-refractivity contribution in [2.24, 2.45) is 7.05 Å². The Hall–Kier alpha value is -3.98. The number of amides is 2. The Morgan fingerprint density at radius 2 is 1.51 bits per heavy atom. The van der Waals surface area contributed by atoms with Crippen LogP contribution in [0, 0.1) is 0 Å². The van der Waals surface area contributed by atoms with Crippen LogP contribution >= 0.6 is 11.6 Å². The summed E-state index contributed by atoms with van der Waals surface area (Å²) in [5, 5.41) is 10.1. The van der Waals surface area contributed by atoms with Gasteiger partial charge in [0, 0.05) is 28.7 Å². The molecule has 178 valence electrons. The first-order valence-corrected chi connectivity index (χ1v) is 11.8. The van der Waals surface area contributed by atoms with E-state index in [1.807, 2.05) is 12.1 Å². The predicted octanol–water partition coefficient (Wildman–Crippen LogP) is 3.12. The molecular weight excluding hydrogens is 468 g/mol. The Bertz CT molecular complexity index is 1510. The highest BCUT2D eigenvalue weighted by atomic mass is 35.5. The third-order valence-electron chi connectivity index (χ3n) is 6.18. The van der Waals surface area contributed by atoms with Gasteiger partial charge in [-0.05, 0) is 56.0 Å². The lowest BCUT2D eigenvalue weighted by Crippen LogP contribution is -2.43. The third-order valence-corrected chi connectivity index (χ3v) is 6.43. The van der Waals surface area contributed by atoms with Crippen molar-refractivity contribution in [1.29, 1.82) is 0 Å². The molecule has 0 unspecified atom stereocenters. The van der Waals surface area contributed by atoms with Crippen molar-refractivity contribution in [2.75, 3.05) is 0 Å². The molecule has 0 atom stereocenters. The van der Waals surface area contributed by atoms with Crippen LogP contribution in [0.15, 0.2) is 53.3 Å². The van der Waals surface area contributed by atoms with Gasteiger partial charge in [0.1, 0.15) is 0 Å². The van der Waals surface area contributed by atoms with Gasteiger partial charge < -0.3 is 0 Å². The molecule has 35 heavy (non-hydrogen) atoms. The van der Waals surface area contributed by atoms with Crippen molar-refractivity contribution < 1.29 is 9.59 Å². The molecule has 1 aliphatic rings. The van der Waals surface area contributed by atoms with E-state index < -0.39 is 11.8 Å². The molecule has 4 aromatic rings. The zero-order valence-electron chi connectivity index (χ0n) is 19.0. The fourth-order valence-corrected chi connectivity index (χ4v) is 4.58. The lowest BCUT2D eigenvalue weighted by atomic mass is 10.1. The van der Waals surface area contributed by atoms with Crippen LogP contribution in [-0.4, -0.2) is 31.4 Å². The van der Waals surface area contributed by atoms with Crippen LogP contribution in [0.1, 0.15) is 51.5 Å². The zero-order chi connectivity index (χ0) is 24.5. The van der Waals surface area contributed by atoms with Crippen LogP contribution in [0.25, 0.3) is 16.5 Å². The number of carbonyl (C=O) groups is 2. The molecule has 0 spiro atoms. The number of hydrogen-bond donors (Lipinski definition) is 2. The summed E-state index contributed by atoms with van der Waals surface area (Å²) in [7, 11) is 1.48. The summed E-state index contributed by atoms with van der Waals surface area (Å²) < 4.78 is 2.89. The van der Waals surface area contributed by atoms with Gasteiger partial charge in [0.15, 0.2) is 11.4 Å². The predicted molar refractivity (Wildman–Crippen MR) is 132 cm³/mol. The molecule has 10 heteroatoms. The summed E-state index contributed by atoms with van der Waals surface area (Å²) >= 11 is 6.04. The van der Waals surface area contributed by atoms with Gasteiger partial charge in [0.25, 0.3) is 17.4 Å². The minimum atomic E-state index is -0.631. The fraction of sp³-hybridized carbons (Fsp3) is 0.240. The van der Waals surface area contributed by atoms with E-state index in [1.54, 1.807) is 41.1 Å². The maximum absolute atomic E-state index is 13.1. The number of halogens is 1. The standard InChI is InChI=1S/C25H23ClN6O3/c1-31-25(35)18-8-6-5-7-17(18)21(29-31)23(33)27-28-24(34)22-19-9-3-2-4-10-20(19)32(30-22)16-13-11-15(26)12-14-16/h5-8,11-14H,2-4,9-10H2,1H3,(H,27,33)(H,28,34). The number of rotatable bonds is 3. The van der Waals surface area contributed by atoms with Gasteiger partial charge in [0.05, 0.1) is 11.1 Å². The van der Waals surface area contributed by atoms with Gasteiger partial charge >= 0.3 is 0 Å². The van der Waals surface area contributed by atoms with Crippen LogP contribution in [0.4, 0.5) is 0 Å². The van der Waals surface area contributed by atoms with Crippen LogP contribution in [0.5, 0.6) is 0 Å². The van der Waals surface area contributed by atoms with Gasteiger partial charge in [0.2, 0.25) is 0 Å². The second kappa shape index (κ2) is 9.34. The fourth-order valence-electron chi connectivity index (χ4n) is 4.45. The van der Waals surface area contributed by atoms with Crippen LogP contribution in [-0.2, 0) is 19.9 Å². The number of hydrazine groups is 1. The molecule has 0 aliphatic heterocycles. The zero-order valence-corrected chi connectivity index (χ0v) is 19.8. The van der Waals surface area contributed by atoms with Gasteiger partial charge in [-0.15, -0.1) is 0 Å². The highest BCUT2D eigenvalue weighted by Crippen LogP contribution is 2.27. The Labute approximate surface area is 205 Å². The summed E-state index contributed by atoms with van der Waals surface area (Å²) in [4.78, 5) is 38.4. The lowest BCUT2D eigenvalue weighted by molar-refractivity contribution is 0.0840. The molecule has 2 amide bonds. The van der Waals surface area contributed by atoms with Crippen molar-refractivity contribution in [3.8, 4) is 5.69 Å². The van der Waals surface area contributed by atoms with Gasteiger partial charge in [-0.3, -0.25) is 25.2 Å². The summed E-state index contributed by atoms with van der Waals surface area (Å²) in [6.45, 7) is 0. The Kier molecular flexibility index (Phi) is 6.08. The first kappa shape index (κ1) is 22.8. The quantitative estimate of drug-likeness (QED) is 0.338. The van der Waals surface area contributed by atoms with E-state index in [2.05, 4.69) is 21.0 Å². The van der Waals surface area contributed by atoms with Crippen LogP contribution in [0.2, 0.25) is 5.02 Å². The summed E-state index contributed by atoms with van der Waals surface area (Å²) in [5.41, 5.74) is 7.60. The van der Waals surface area contributed by atoms with Crippen LogP contribution < -0.4 is 16.4 Å². The number of benzene rings is 2. The molecule has 2 aromatic heterocycles. The average molecular weight is 491 g/mol. The van der Waals surface area contributed by atoms with Gasteiger partial charge in [-0.1, -0.05) is 36.2 Å². The summed E-state index contributed by atoms with van der Waals surface area (Å²) in [6, 6.07) is 14.0. The molecule has 0 bridgehead atoms. The molecule has 1 aliphatic carbocycles. The van der Waals surface area contributed by atoms with E-state index in [0.29, 0.717) is 15.8 Å². The Morgan fingerprint density at radius 1 is 0.857 bits per heavy atom. The normalized spacial score (nSPS) is 13.2. The number of nitrogens with one attached hydrogen (secondary N) is 2. The van der Waals surface area contributed by atoms with E-state index in [0.717, 1.165) is 53.7 Å². The molecule has 0 fully saturated rings. The highest BCUT2D eigenvalue weighted by molar-refractivity contribution is 6.30. The largest absolute Gasteiger partial charge is 0.290 e. The second-order valence-corrected chi connectivity index (χ2v) is 8.89. The molecular formula is C25H23ClN6O3. The Morgan fingerprint density at radius 3 is 2.26 bits per heavy atom. The molecule has 0 saturated carbocycles. The number of carbonyl (C=O) groups excluding carboxylic acids is 2. The summed E-state index contributed by atoms with van der Waals surface area (Å²) in [6.07, 6.45) is 4.57. The minimum Gasteiger partial charge on any atom is -0.267 e. The van der Waals surface area contributed by atoms with E-state index in [1.165, 1.54) is 7.05 Å². The van der Waals surface area contributed by atoms with Crippen molar-refractivity contribution in [3.05, 3.63) is 86.6 Å². The van der Waals surface area contributed by atoms with Gasteiger partial charge in [-0.2, -0.15) is 10.2 Å². The first-order chi connectivity index (χ1) is 16.9. The summed E-state index contributed by atoms with van der Waals surface area (Å²) in [5.74, 6) is -1.15. The van der Waals surface area contributed by atoms with E-state index in [4.69, 9.17) is 11.6 Å². The average Bonchev–Trinajstić information content (AvgIpc) is 3.05. The molecule has 2 N–H and O–H groups in total. The molecule has 0 saturated heterocycles. The molecule has 5 rings (SSSR count). The van der Waals surface area contributed by atoms with Crippen molar-refractivity contribution in [2.45, 2.75) is 32.1 Å². The molecule has 9 nitrogen and oxygen atoms in total. The third kappa shape index (κ3) is 4.30. The van der Waals surface area contributed by atoms with E-state index in [9.17, 15) is 14.4 Å². The minimum absolute atomic E-state index is 0.0357. The molecule has 0 radical (unpaired) electrons. The highest BCUT2D eigenvalue weighted by Gasteiger charge is 2.25. The molecule has 2 heterocycles. The SMILES string of the molecule is Cn1nc(C(=O)NNC(=O)c2nn(-c3ccc(Cl)cc3)c3c2CCCCC3)c2ccccc2c1=O. The number of aromatic nitrogens is 4. The number of aryl methyl sites for hydroxylation is 1. The van der Waals surface area contributed by atoms with Crippen molar-refractivity contribution >= 4 is 34.2 Å². The first-order valence-electron chi connectivity index (χ1n) is 11.4. The Balaban J connectivity index is 1.43. The molecule has 2 aromatic carbocycles. The number of nitrogens with zero attached hydrogens (tertiary/aromatic N) is 4. The van der Waals surface area contributed by atoms with Crippen molar-refractivity contribution in [3.63, 3.8) is 0 Å². The van der Waals surface area contributed by atoms with E-state index in [-0.39, 0.29) is 16.9 Å². The maximum Gasteiger partial charge on any atom is 0.290 e. The van der Waals surface area contributed by atoms with Gasteiger partial charge in [-0.25, -0.2) is 9.36 Å². The topological polar surface area (TPSA) is 111 Å². The van der Waals surface area contributed by atoms with Crippen LogP contribution in [0.3, 0.4) is 0 Å².